The topological polar surface area (TPSA) is 83.6 Å². The molecule has 0 aliphatic carbocycles. The van der Waals surface area contributed by atoms with Gasteiger partial charge in [-0.15, -0.1) is 11.8 Å². The molecule has 1 rings (SSSR count). The van der Waals surface area contributed by atoms with E-state index < -0.39 is 17.6 Å². The van der Waals surface area contributed by atoms with Gasteiger partial charge in [0.25, 0.3) is 0 Å². The highest BCUT2D eigenvalue weighted by atomic mass is 32.2. The van der Waals surface area contributed by atoms with Crippen molar-refractivity contribution in [2.24, 2.45) is 5.73 Å². The van der Waals surface area contributed by atoms with Gasteiger partial charge in [0.2, 0.25) is 5.91 Å². The van der Waals surface area contributed by atoms with Crippen LogP contribution in [0.25, 0.3) is 0 Å². The molecule has 16 heavy (non-hydrogen) atoms. The van der Waals surface area contributed by atoms with Gasteiger partial charge in [0.1, 0.15) is 6.04 Å². The van der Waals surface area contributed by atoms with Crippen LogP contribution in [0.2, 0.25) is 0 Å². The summed E-state index contributed by atoms with van der Waals surface area (Å²) in [4.78, 5) is 24.4. The van der Waals surface area contributed by atoms with Crippen LogP contribution in [0.4, 0.5) is 0 Å². The second-order valence-corrected chi connectivity index (χ2v) is 5.30. The molecule has 1 fully saturated rings. The molecule has 92 valence electrons. The van der Waals surface area contributed by atoms with Gasteiger partial charge in [0.15, 0.2) is 0 Å². The molecule has 3 N–H and O–H groups in total. The van der Waals surface area contributed by atoms with Crippen LogP contribution in [-0.4, -0.2) is 45.1 Å². The molecule has 2 unspecified atom stereocenters. The summed E-state index contributed by atoms with van der Waals surface area (Å²) in [6.45, 7) is 3.62. The molecule has 2 atom stereocenters. The van der Waals surface area contributed by atoms with Crippen molar-refractivity contribution in [1.29, 1.82) is 0 Å². The van der Waals surface area contributed by atoms with E-state index >= 15 is 0 Å². The molecule has 0 radical (unpaired) electrons. The van der Waals surface area contributed by atoms with E-state index in [1.807, 2.05) is 6.92 Å². The van der Waals surface area contributed by atoms with Crippen LogP contribution in [0, 0.1) is 0 Å². The normalized spacial score (nSPS) is 24.2. The lowest BCUT2D eigenvalue weighted by molar-refractivity contribution is -0.149. The highest BCUT2D eigenvalue weighted by Gasteiger charge is 2.40. The van der Waals surface area contributed by atoms with Gasteiger partial charge in [0, 0.05) is 5.75 Å². The lowest BCUT2D eigenvalue weighted by Gasteiger charge is -2.30. The van der Waals surface area contributed by atoms with Gasteiger partial charge in [-0.3, -0.25) is 4.79 Å². The predicted molar refractivity (Wildman–Crippen MR) is 63.1 cm³/mol. The number of carboxylic acids is 1. The van der Waals surface area contributed by atoms with Crippen LogP contribution in [0.3, 0.4) is 0 Å². The first kappa shape index (κ1) is 13.3. The Kier molecular flexibility index (Phi) is 4.21. The molecule has 0 bridgehead atoms. The fourth-order valence-corrected chi connectivity index (χ4v) is 2.95. The van der Waals surface area contributed by atoms with Crippen LogP contribution in [0.5, 0.6) is 0 Å². The third-order valence-electron chi connectivity index (χ3n) is 2.69. The van der Waals surface area contributed by atoms with E-state index in [2.05, 4.69) is 0 Å². The number of carboxylic acid groups (broad SMARTS) is 1. The molecule has 1 heterocycles. The highest BCUT2D eigenvalue weighted by molar-refractivity contribution is 7.99. The maximum Gasteiger partial charge on any atom is 0.327 e. The van der Waals surface area contributed by atoms with Crippen LogP contribution in [-0.2, 0) is 9.59 Å². The van der Waals surface area contributed by atoms with Crippen molar-refractivity contribution < 1.29 is 14.7 Å². The highest BCUT2D eigenvalue weighted by Crippen LogP contribution is 2.25. The Hall–Kier alpha value is -0.750. The number of carbonyl (C=O) groups is 2. The molecule has 0 aromatic carbocycles. The zero-order chi connectivity index (χ0) is 12.3. The van der Waals surface area contributed by atoms with Crippen molar-refractivity contribution in [2.75, 3.05) is 11.6 Å². The molecule has 0 aromatic heterocycles. The monoisotopic (exact) mass is 246 g/mol. The van der Waals surface area contributed by atoms with E-state index in [1.54, 1.807) is 6.92 Å². The third kappa shape index (κ3) is 2.68. The van der Waals surface area contributed by atoms with Crippen molar-refractivity contribution in [1.82, 2.24) is 4.90 Å². The summed E-state index contributed by atoms with van der Waals surface area (Å²) in [6.07, 6.45) is 1.37. The summed E-state index contributed by atoms with van der Waals surface area (Å²) < 4.78 is 0. The van der Waals surface area contributed by atoms with Crippen LogP contribution in [0.1, 0.15) is 26.7 Å². The molecular formula is C10H18N2O3S. The van der Waals surface area contributed by atoms with Crippen molar-refractivity contribution in [3.63, 3.8) is 0 Å². The lowest BCUT2D eigenvalue weighted by Crippen LogP contribution is -2.56. The van der Waals surface area contributed by atoms with Gasteiger partial charge in [0.05, 0.1) is 11.4 Å². The van der Waals surface area contributed by atoms with Crippen LogP contribution in [0.15, 0.2) is 0 Å². The third-order valence-corrected chi connectivity index (χ3v) is 3.70. The van der Waals surface area contributed by atoms with E-state index in [0.29, 0.717) is 18.1 Å². The van der Waals surface area contributed by atoms with Gasteiger partial charge in [-0.05, 0) is 13.3 Å². The number of thioether (sulfide) groups is 1. The first-order valence-corrected chi connectivity index (χ1v) is 6.46. The van der Waals surface area contributed by atoms with Crippen molar-refractivity contribution >= 4 is 23.6 Å². The molecular weight excluding hydrogens is 228 g/mol. The quantitative estimate of drug-likeness (QED) is 0.754. The van der Waals surface area contributed by atoms with Crippen LogP contribution >= 0.6 is 11.8 Å². The Morgan fingerprint density at radius 1 is 1.62 bits per heavy atom. The molecule has 6 heteroatoms. The molecule has 1 aliphatic rings. The Bertz CT molecular complexity index is 294. The number of nitrogens with zero attached hydrogens (tertiary/aromatic N) is 1. The Morgan fingerprint density at radius 2 is 2.25 bits per heavy atom. The Morgan fingerprint density at radius 3 is 2.75 bits per heavy atom. The summed E-state index contributed by atoms with van der Waals surface area (Å²) in [6, 6.07) is -0.725. The van der Waals surface area contributed by atoms with Gasteiger partial charge < -0.3 is 15.7 Å². The van der Waals surface area contributed by atoms with Gasteiger partial charge in [-0.2, -0.15) is 0 Å². The fourth-order valence-electron chi connectivity index (χ4n) is 1.80. The van der Waals surface area contributed by atoms with E-state index in [1.165, 1.54) is 16.7 Å². The van der Waals surface area contributed by atoms with Gasteiger partial charge >= 0.3 is 5.97 Å². The van der Waals surface area contributed by atoms with E-state index in [4.69, 9.17) is 10.8 Å². The number of aliphatic carboxylic acids is 1. The maximum atomic E-state index is 12.1. The smallest absolute Gasteiger partial charge is 0.327 e. The van der Waals surface area contributed by atoms with Crippen LogP contribution < -0.4 is 5.73 Å². The molecule has 5 nitrogen and oxygen atoms in total. The van der Waals surface area contributed by atoms with Crippen molar-refractivity contribution in [3.8, 4) is 0 Å². The van der Waals surface area contributed by atoms with Gasteiger partial charge in [-0.25, -0.2) is 4.79 Å². The average Bonchev–Trinajstić information content (AvgIpc) is 2.64. The maximum absolute atomic E-state index is 12.1. The number of amides is 1. The number of rotatable bonds is 4. The Balaban J connectivity index is 2.76. The zero-order valence-corrected chi connectivity index (χ0v) is 10.4. The summed E-state index contributed by atoms with van der Waals surface area (Å²) in [5.41, 5.74) is 4.97. The van der Waals surface area contributed by atoms with E-state index in [0.717, 1.165) is 6.42 Å². The predicted octanol–water partition coefficient (Wildman–Crippen LogP) is 0.490. The van der Waals surface area contributed by atoms with Crippen molar-refractivity contribution in [2.45, 2.75) is 38.3 Å². The molecule has 1 saturated heterocycles. The number of nitrogens with two attached hydrogens (primary N) is 1. The number of hydrogen-bond donors (Lipinski definition) is 2. The molecule has 0 saturated carbocycles. The summed E-state index contributed by atoms with van der Waals surface area (Å²) in [5.74, 6) is -0.340. The number of carbonyl (C=O) groups excluding carboxylic acids is 1. The minimum absolute atomic E-state index is 0.258. The van der Waals surface area contributed by atoms with E-state index in [-0.39, 0.29) is 5.91 Å². The molecule has 0 aromatic rings. The standard InChI is InChI=1S/C10H18N2O3S/c1-3-4-10(2,11)9(15)12-6-16-5-7(12)8(13)14/h7H,3-6,11H2,1-2H3,(H,13,14). The second kappa shape index (κ2) is 5.05. The first-order chi connectivity index (χ1) is 7.40. The summed E-state index contributed by atoms with van der Waals surface area (Å²) in [5, 5.41) is 8.98. The fraction of sp³-hybridized carbons (Fsp3) is 0.800. The van der Waals surface area contributed by atoms with Gasteiger partial charge in [-0.1, -0.05) is 13.3 Å². The molecule has 0 spiro atoms. The van der Waals surface area contributed by atoms with E-state index in [9.17, 15) is 9.59 Å². The zero-order valence-electron chi connectivity index (χ0n) is 9.60. The molecule has 1 amide bonds. The molecule has 1 aliphatic heterocycles. The second-order valence-electron chi connectivity index (χ2n) is 4.30. The minimum Gasteiger partial charge on any atom is -0.480 e. The minimum atomic E-state index is -0.953. The number of hydrogen-bond acceptors (Lipinski definition) is 4. The summed E-state index contributed by atoms with van der Waals surface area (Å²) in [7, 11) is 0. The first-order valence-electron chi connectivity index (χ1n) is 5.30. The largest absolute Gasteiger partial charge is 0.480 e. The van der Waals surface area contributed by atoms with Crippen molar-refractivity contribution in [3.05, 3.63) is 0 Å². The SMILES string of the molecule is CCCC(C)(N)C(=O)N1CSCC1C(=O)O. The Labute approximate surface area is 99.4 Å². The average molecular weight is 246 g/mol. The lowest BCUT2D eigenvalue weighted by atomic mass is 9.95. The summed E-state index contributed by atoms with van der Waals surface area (Å²) >= 11 is 1.45.